The van der Waals surface area contributed by atoms with Crippen molar-refractivity contribution in [1.29, 1.82) is 0 Å². The second-order valence-electron chi connectivity index (χ2n) is 3.63. The predicted octanol–water partition coefficient (Wildman–Crippen LogP) is 3.68. The number of carbonyl (C=O) groups excluding carboxylic acids is 1. The number of halogens is 1. The van der Waals surface area contributed by atoms with E-state index < -0.39 is 13.0 Å². The molecule has 1 aromatic rings. The van der Waals surface area contributed by atoms with Gasteiger partial charge in [0.1, 0.15) is 12.4 Å². The van der Waals surface area contributed by atoms with E-state index in [4.69, 9.17) is 25.0 Å². The molecule has 1 heterocycles. The van der Waals surface area contributed by atoms with Crippen LogP contribution in [0.3, 0.4) is 0 Å². The van der Waals surface area contributed by atoms with Crippen molar-refractivity contribution in [3.05, 3.63) is 36.4 Å². The molecule has 0 aromatic heterocycles. The number of hydrogen-bond donors (Lipinski definition) is 1. The first-order valence-corrected chi connectivity index (χ1v) is 7.76. The molecule has 1 aliphatic heterocycles. The predicted molar refractivity (Wildman–Crippen MR) is 70.5 cm³/mol. The first-order valence-electron chi connectivity index (χ1n) is 5.31. The monoisotopic (exact) mass is 303 g/mol. The van der Waals surface area contributed by atoms with Crippen molar-refractivity contribution < 1.29 is 23.1 Å². The SMILES string of the molecule is C=CCOC(=O)Nc1ccc2c(c1)COP(=O)(Cl)O2. The number of nitrogens with one attached hydrogen (secondary N) is 1. The van der Waals surface area contributed by atoms with Gasteiger partial charge in [-0.15, -0.1) is 0 Å². The van der Waals surface area contributed by atoms with Gasteiger partial charge >= 0.3 is 13.0 Å². The summed E-state index contributed by atoms with van der Waals surface area (Å²) in [5.41, 5.74) is 1.14. The summed E-state index contributed by atoms with van der Waals surface area (Å²) >= 11 is 5.49. The number of amides is 1. The van der Waals surface area contributed by atoms with E-state index in [1.165, 1.54) is 6.08 Å². The minimum Gasteiger partial charge on any atom is -0.445 e. The van der Waals surface area contributed by atoms with Crippen LogP contribution in [0.25, 0.3) is 0 Å². The lowest BCUT2D eigenvalue weighted by molar-refractivity contribution is 0.174. The summed E-state index contributed by atoms with van der Waals surface area (Å²) in [6, 6.07) is 4.76. The van der Waals surface area contributed by atoms with Gasteiger partial charge in [0.15, 0.2) is 0 Å². The lowest BCUT2D eigenvalue weighted by Gasteiger charge is -2.21. The van der Waals surface area contributed by atoms with Crippen molar-refractivity contribution in [1.82, 2.24) is 0 Å². The Labute approximate surface area is 114 Å². The number of carbonyl (C=O) groups is 1. The highest BCUT2D eigenvalue weighted by Crippen LogP contribution is 2.57. The topological polar surface area (TPSA) is 73.9 Å². The van der Waals surface area contributed by atoms with Gasteiger partial charge < -0.3 is 9.26 Å². The Balaban J connectivity index is 2.08. The van der Waals surface area contributed by atoms with Gasteiger partial charge in [-0.25, -0.2) is 9.36 Å². The fourth-order valence-corrected chi connectivity index (χ4v) is 2.57. The molecule has 1 atom stereocenters. The van der Waals surface area contributed by atoms with Gasteiger partial charge in [-0.2, -0.15) is 0 Å². The Kier molecular flexibility index (Phi) is 4.14. The summed E-state index contributed by atoms with van der Waals surface area (Å²) in [6.45, 7) is 0.0790. The summed E-state index contributed by atoms with van der Waals surface area (Å²) in [4.78, 5) is 11.3. The summed E-state index contributed by atoms with van der Waals surface area (Å²) in [6.07, 6.45) is 0.868. The van der Waals surface area contributed by atoms with E-state index in [0.717, 1.165) is 0 Å². The molecule has 1 unspecified atom stereocenters. The maximum atomic E-state index is 11.4. The van der Waals surface area contributed by atoms with Crippen molar-refractivity contribution in [2.24, 2.45) is 0 Å². The van der Waals surface area contributed by atoms with E-state index in [0.29, 0.717) is 17.0 Å². The van der Waals surface area contributed by atoms with Crippen molar-refractivity contribution in [3.63, 3.8) is 0 Å². The molecule has 1 N–H and O–H groups in total. The van der Waals surface area contributed by atoms with Gasteiger partial charge in [0.2, 0.25) is 0 Å². The quantitative estimate of drug-likeness (QED) is 0.681. The summed E-state index contributed by atoms with van der Waals surface area (Å²) in [7, 11) is 0. The Morgan fingerprint density at radius 1 is 1.63 bits per heavy atom. The minimum absolute atomic E-state index is 0.0489. The third-order valence-corrected chi connectivity index (χ3v) is 3.57. The zero-order chi connectivity index (χ0) is 13.9. The zero-order valence-electron chi connectivity index (χ0n) is 9.80. The lowest BCUT2D eigenvalue weighted by Crippen LogP contribution is -2.14. The molecule has 0 aliphatic carbocycles. The highest BCUT2D eigenvalue weighted by atomic mass is 35.7. The number of ether oxygens (including phenoxy) is 1. The molecule has 102 valence electrons. The number of anilines is 1. The molecular formula is C11H11ClNO5P. The Morgan fingerprint density at radius 3 is 3.16 bits per heavy atom. The van der Waals surface area contributed by atoms with Crippen LogP contribution >= 0.6 is 18.2 Å². The van der Waals surface area contributed by atoms with E-state index in [1.807, 2.05) is 0 Å². The lowest BCUT2D eigenvalue weighted by atomic mass is 10.2. The molecular weight excluding hydrogens is 293 g/mol. The zero-order valence-corrected chi connectivity index (χ0v) is 11.4. The highest BCUT2D eigenvalue weighted by Gasteiger charge is 2.29. The molecule has 2 rings (SSSR count). The summed E-state index contributed by atoms with van der Waals surface area (Å²) in [5, 5.41) is 2.53. The van der Waals surface area contributed by atoms with Crippen molar-refractivity contribution in [2.45, 2.75) is 6.61 Å². The molecule has 0 saturated carbocycles. The number of hydrogen-bond acceptors (Lipinski definition) is 5. The molecule has 1 aromatic carbocycles. The van der Waals surface area contributed by atoms with Crippen molar-refractivity contribution >= 4 is 30.0 Å². The van der Waals surface area contributed by atoms with Crippen molar-refractivity contribution in [3.8, 4) is 5.75 Å². The molecule has 19 heavy (non-hydrogen) atoms. The minimum atomic E-state index is -3.53. The standard InChI is InChI=1S/C11H11ClNO5P/c1-2-5-16-11(14)13-9-3-4-10-8(6-9)7-17-19(12,15)18-10/h2-4,6H,1,5,7H2,(H,13,14). The van der Waals surface area contributed by atoms with E-state index in [9.17, 15) is 9.36 Å². The van der Waals surface area contributed by atoms with Crippen LogP contribution in [-0.2, 0) is 20.4 Å². The summed E-state index contributed by atoms with van der Waals surface area (Å²) < 4.78 is 26.0. The number of benzene rings is 1. The Hall–Kier alpha value is -1.49. The number of rotatable bonds is 3. The normalized spacial score (nSPS) is 20.9. The first kappa shape index (κ1) is 13.9. The largest absolute Gasteiger partial charge is 0.477 e. The fourth-order valence-electron chi connectivity index (χ4n) is 1.44. The molecule has 0 saturated heterocycles. The van der Waals surface area contributed by atoms with Crippen LogP contribution < -0.4 is 9.84 Å². The molecule has 0 radical (unpaired) electrons. The van der Waals surface area contributed by atoms with Crippen LogP contribution in [0, 0.1) is 0 Å². The molecule has 6 nitrogen and oxygen atoms in total. The smallest absolute Gasteiger partial charge is 0.445 e. The van der Waals surface area contributed by atoms with Gasteiger partial charge in [0.05, 0.1) is 6.61 Å². The van der Waals surface area contributed by atoms with E-state index in [-0.39, 0.29) is 13.2 Å². The molecule has 0 spiro atoms. The third kappa shape index (κ3) is 3.73. The molecule has 8 heteroatoms. The molecule has 0 fully saturated rings. The average Bonchev–Trinajstić information content (AvgIpc) is 2.36. The maximum absolute atomic E-state index is 11.4. The van der Waals surface area contributed by atoms with Crippen LogP contribution in [0.1, 0.15) is 5.56 Å². The molecule has 0 bridgehead atoms. The van der Waals surface area contributed by atoms with E-state index >= 15 is 0 Å². The van der Waals surface area contributed by atoms with Crippen LogP contribution in [0.4, 0.5) is 10.5 Å². The average molecular weight is 304 g/mol. The molecule has 1 aliphatic rings. The van der Waals surface area contributed by atoms with Crippen LogP contribution in [0.15, 0.2) is 30.9 Å². The second kappa shape index (κ2) is 5.65. The maximum Gasteiger partial charge on any atom is 0.477 e. The van der Waals surface area contributed by atoms with Crippen LogP contribution in [0.5, 0.6) is 5.75 Å². The van der Waals surface area contributed by atoms with Crippen LogP contribution in [0.2, 0.25) is 0 Å². The highest BCUT2D eigenvalue weighted by molar-refractivity contribution is 7.81. The van der Waals surface area contributed by atoms with E-state index in [2.05, 4.69) is 11.9 Å². The Bertz CT molecular complexity index is 562. The third-order valence-electron chi connectivity index (χ3n) is 2.22. The van der Waals surface area contributed by atoms with Crippen molar-refractivity contribution in [2.75, 3.05) is 11.9 Å². The first-order chi connectivity index (χ1) is 9.00. The van der Waals surface area contributed by atoms with Gasteiger partial charge in [-0.3, -0.25) is 9.84 Å². The van der Waals surface area contributed by atoms with Gasteiger partial charge in [0.25, 0.3) is 0 Å². The van der Waals surface area contributed by atoms with E-state index in [1.54, 1.807) is 18.2 Å². The van der Waals surface area contributed by atoms with Gasteiger partial charge in [-0.05, 0) is 18.2 Å². The number of fused-ring (bicyclic) bond motifs is 1. The summed E-state index contributed by atoms with van der Waals surface area (Å²) in [5.74, 6) is 0.370. The fraction of sp³-hybridized carbons (Fsp3) is 0.182. The van der Waals surface area contributed by atoms with Gasteiger partial charge in [-0.1, -0.05) is 12.7 Å². The second-order valence-corrected chi connectivity index (χ2v) is 6.17. The van der Waals surface area contributed by atoms with Crippen LogP contribution in [-0.4, -0.2) is 12.7 Å². The molecule has 1 amide bonds. The van der Waals surface area contributed by atoms with Gasteiger partial charge in [0, 0.05) is 22.5 Å². The Morgan fingerprint density at radius 2 is 2.42 bits per heavy atom.